The third kappa shape index (κ3) is 4.43. The Morgan fingerprint density at radius 1 is 1.10 bits per heavy atom. The predicted molar refractivity (Wildman–Crippen MR) is 120 cm³/mol. The van der Waals surface area contributed by atoms with Crippen molar-refractivity contribution in [1.82, 2.24) is 0 Å². The molecule has 2 aromatic carbocycles. The maximum atomic E-state index is 13.3. The summed E-state index contributed by atoms with van der Waals surface area (Å²) in [7, 11) is 1.54. The number of aliphatic hydroxyl groups is 1. The van der Waals surface area contributed by atoms with E-state index in [4.69, 9.17) is 9.47 Å². The molecule has 0 bridgehead atoms. The molecule has 0 radical (unpaired) electrons. The van der Waals surface area contributed by atoms with Gasteiger partial charge in [0.15, 0.2) is 11.5 Å². The summed E-state index contributed by atoms with van der Waals surface area (Å²) in [6.45, 7) is 7.95. The van der Waals surface area contributed by atoms with Crippen LogP contribution in [0.4, 0.5) is 5.69 Å². The molecule has 0 saturated heterocycles. The topological polar surface area (TPSA) is 76.1 Å². The minimum atomic E-state index is -0.767. The third-order valence-electron chi connectivity index (χ3n) is 5.13. The SMILES string of the molecule is CCCOc1ccc(C2C(C(=O)C(C)(C)C)=C(O)C(=O)N2c2cccc(OC)c2)cc1. The lowest BCUT2D eigenvalue weighted by molar-refractivity contribution is -0.123. The summed E-state index contributed by atoms with van der Waals surface area (Å²) in [5, 5.41) is 10.8. The molecule has 1 unspecified atom stereocenters. The molecule has 1 aliphatic heterocycles. The summed E-state index contributed by atoms with van der Waals surface area (Å²) in [5.74, 6) is -0.126. The van der Waals surface area contributed by atoms with E-state index in [0.717, 1.165) is 6.42 Å². The number of ether oxygens (including phenoxy) is 2. The van der Waals surface area contributed by atoms with Crippen molar-refractivity contribution in [3.8, 4) is 11.5 Å². The fourth-order valence-electron chi connectivity index (χ4n) is 3.55. The Labute approximate surface area is 183 Å². The van der Waals surface area contributed by atoms with Gasteiger partial charge in [-0.1, -0.05) is 45.9 Å². The first-order chi connectivity index (χ1) is 14.7. The summed E-state index contributed by atoms with van der Waals surface area (Å²) in [5.41, 5.74) is 0.569. The number of Topliss-reactive ketones (excluding diaryl/α,β-unsaturated/α-hetero) is 1. The lowest BCUT2D eigenvalue weighted by atomic mass is 9.82. The van der Waals surface area contributed by atoms with Gasteiger partial charge in [0.2, 0.25) is 0 Å². The number of hydrogen-bond acceptors (Lipinski definition) is 5. The lowest BCUT2D eigenvalue weighted by Crippen LogP contribution is -2.32. The van der Waals surface area contributed by atoms with Crippen molar-refractivity contribution in [1.29, 1.82) is 0 Å². The van der Waals surface area contributed by atoms with Gasteiger partial charge in [-0.2, -0.15) is 0 Å². The average molecular weight is 424 g/mol. The molecule has 0 saturated carbocycles. The van der Waals surface area contributed by atoms with Crippen LogP contribution in [0.25, 0.3) is 0 Å². The average Bonchev–Trinajstić information content (AvgIpc) is 3.02. The number of nitrogens with zero attached hydrogens (tertiary/aromatic N) is 1. The molecule has 1 amide bonds. The normalized spacial score (nSPS) is 16.6. The molecule has 0 aromatic heterocycles. The summed E-state index contributed by atoms with van der Waals surface area (Å²) in [4.78, 5) is 27.9. The molecule has 3 rings (SSSR count). The van der Waals surface area contributed by atoms with Crippen LogP contribution >= 0.6 is 0 Å². The molecule has 0 spiro atoms. The number of carbonyl (C=O) groups is 2. The standard InChI is InChI=1S/C25H29NO5/c1-6-14-31-18-12-10-16(11-13-18)21-20(23(28)25(2,3)4)22(27)24(29)26(21)17-8-7-9-19(15-17)30-5/h7-13,15,21,27H,6,14H2,1-5H3. The summed E-state index contributed by atoms with van der Waals surface area (Å²) < 4.78 is 11.0. The second-order valence-corrected chi connectivity index (χ2v) is 8.54. The monoisotopic (exact) mass is 423 g/mol. The van der Waals surface area contributed by atoms with E-state index in [9.17, 15) is 14.7 Å². The Morgan fingerprint density at radius 2 is 1.77 bits per heavy atom. The van der Waals surface area contributed by atoms with Crippen molar-refractivity contribution < 1.29 is 24.2 Å². The predicted octanol–water partition coefficient (Wildman–Crippen LogP) is 5.00. The van der Waals surface area contributed by atoms with Crippen LogP contribution in [0.5, 0.6) is 11.5 Å². The van der Waals surface area contributed by atoms with E-state index in [1.165, 1.54) is 4.90 Å². The first kappa shape index (κ1) is 22.4. The Morgan fingerprint density at radius 3 is 2.35 bits per heavy atom. The minimum absolute atomic E-state index is 0.0996. The molecule has 1 atom stereocenters. The Kier molecular flexibility index (Phi) is 6.39. The van der Waals surface area contributed by atoms with E-state index in [2.05, 4.69) is 0 Å². The van der Waals surface area contributed by atoms with Crippen LogP contribution in [-0.4, -0.2) is 30.5 Å². The van der Waals surface area contributed by atoms with Gasteiger partial charge in [-0.3, -0.25) is 14.5 Å². The highest BCUT2D eigenvalue weighted by Crippen LogP contribution is 2.44. The summed E-state index contributed by atoms with van der Waals surface area (Å²) >= 11 is 0. The van der Waals surface area contributed by atoms with Gasteiger partial charge in [-0.25, -0.2) is 0 Å². The van der Waals surface area contributed by atoms with Gasteiger partial charge >= 0.3 is 0 Å². The molecule has 6 heteroatoms. The molecule has 1 N–H and O–H groups in total. The first-order valence-corrected chi connectivity index (χ1v) is 10.4. The van der Waals surface area contributed by atoms with Crippen LogP contribution in [0.1, 0.15) is 45.7 Å². The van der Waals surface area contributed by atoms with Crippen molar-refractivity contribution in [2.75, 3.05) is 18.6 Å². The first-order valence-electron chi connectivity index (χ1n) is 10.4. The van der Waals surface area contributed by atoms with E-state index < -0.39 is 23.1 Å². The van der Waals surface area contributed by atoms with Crippen LogP contribution in [0.15, 0.2) is 59.9 Å². The quantitative estimate of drug-likeness (QED) is 0.678. The number of benzene rings is 2. The van der Waals surface area contributed by atoms with Crippen LogP contribution < -0.4 is 14.4 Å². The maximum absolute atomic E-state index is 13.3. The van der Waals surface area contributed by atoms with Gasteiger partial charge in [-0.05, 0) is 36.2 Å². The van der Waals surface area contributed by atoms with Gasteiger partial charge < -0.3 is 14.6 Å². The fourth-order valence-corrected chi connectivity index (χ4v) is 3.55. The highest BCUT2D eigenvalue weighted by atomic mass is 16.5. The van der Waals surface area contributed by atoms with Crippen LogP contribution in [0.3, 0.4) is 0 Å². The number of methoxy groups -OCH3 is 1. The van der Waals surface area contributed by atoms with E-state index in [1.54, 1.807) is 52.1 Å². The van der Waals surface area contributed by atoms with Crippen molar-refractivity contribution in [3.05, 3.63) is 65.4 Å². The number of rotatable bonds is 7. The number of amides is 1. The second kappa shape index (κ2) is 8.84. The number of anilines is 1. The zero-order chi connectivity index (χ0) is 22.8. The minimum Gasteiger partial charge on any atom is -0.503 e. The molecule has 1 heterocycles. The molecule has 6 nitrogen and oxygen atoms in total. The van der Waals surface area contributed by atoms with Gasteiger partial charge in [0.25, 0.3) is 5.91 Å². The summed E-state index contributed by atoms with van der Waals surface area (Å²) in [6, 6.07) is 13.5. The Hall–Kier alpha value is -3.28. The lowest BCUT2D eigenvalue weighted by Gasteiger charge is -2.29. The zero-order valence-corrected chi connectivity index (χ0v) is 18.6. The van der Waals surface area contributed by atoms with Gasteiger partial charge in [-0.15, -0.1) is 0 Å². The van der Waals surface area contributed by atoms with Gasteiger partial charge in [0.1, 0.15) is 11.5 Å². The van der Waals surface area contributed by atoms with E-state index in [-0.39, 0.29) is 11.4 Å². The fraction of sp³-hybridized carbons (Fsp3) is 0.360. The highest BCUT2D eigenvalue weighted by Gasteiger charge is 2.46. The molecule has 164 valence electrons. The molecule has 0 aliphatic carbocycles. The van der Waals surface area contributed by atoms with Crippen LogP contribution in [0, 0.1) is 5.41 Å². The maximum Gasteiger partial charge on any atom is 0.294 e. The van der Waals surface area contributed by atoms with Crippen LogP contribution in [0.2, 0.25) is 0 Å². The molecule has 1 aliphatic rings. The van der Waals surface area contributed by atoms with E-state index in [0.29, 0.717) is 29.4 Å². The Balaban J connectivity index is 2.12. The molecular weight excluding hydrogens is 394 g/mol. The number of aliphatic hydroxyl groups excluding tert-OH is 1. The van der Waals surface area contributed by atoms with E-state index in [1.807, 2.05) is 31.2 Å². The van der Waals surface area contributed by atoms with Crippen molar-refractivity contribution in [2.24, 2.45) is 5.41 Å². The van der Waals surface area contributed by atoms with Crippen molar-refractivity contribution in [2.45, 2.75) is 40.2 Å². The summed E-state index contributed by atoms with van der Waals surface area (Å²) in [6.07, 6.45) is 0.892. The molecule has 31 heavy (non-hydrogen) atoms. The number of carbonyl (C=O) groups excluding carboxylic acids is 2. The third-order valence-corrected chi connectivity index (χ3v) is 5.13. The number of ketones is 1. The highest BCUT2D eigenvalue weighted by molar-refractivity contribution is 6.17. The van der Waals surface area contributed by atoms with Gasteiger partial charge in [0.05, 0.1) is 25.3 Å². The van der Waals surface area contributed by atoms with Crippen LogP contribution in [-0.2, 0) is 9.59 Å². The Bertz CT molecular complexity index is 1000. The van der Waals surface area contributed by atoms with Gasteiger partial charge in [0, 0.05) is 17.2 Å². The molecular formula is C25H29NO5. The number of hydrogen-bond donors (Lipinski definition) is 1. The molecule has 2 aromatic rings. The zero-order valence-electron chi connectivity index (χ0n) is 18.6. The van der Waals surface area contributed by atoms with E-state index >= 15 is 0 Å². The van der Waals surface area contributed by atoms with Crippen molar-refractivity contribution in [3.63, 3.8) is 0 Å². The van der Waals surface area contributed by atoms with Crippen molar-refractivity contribution >= 4 is 17.4 Å². The molecule has 0 fully saturated rings. The second-order valence-electron chi connectivity index (χ2n) is 8.54. The largest absolute Gasteiger partial charge is 0.503 e. The smallest absolute Gasteiger partial charge is 0.294 e.